The third-order valence-corrected chi connectivity index (χ3v) is 4.71. The van der Waals surface area contributed by atoms with Crippen molar-refractivity contribution in [3.05, 3.63) is 57.9 Å². The molecular weight excluding hydrogens is 282 g/mol. The molecule has 0 fully saturated rings. The summed E-state index contributed by atoms with van der Waals surface area (Å²) in [6.45, 7) is 7.41. The van der Waals surface area contributed by atoms with E-state index in [1.807, 2.05) is 12.1 Å². The molecule has 0 saturated carbocycles. The average Bonchev–Trinajstić information content (AvgIpc) is 2.69. The molecule has 1 aliphatic carbocycles. The number of aliphatic hydroxyl groups excluding tert-OH is 1. The fraction of sp³-hybridized carbons (Fsp3) is 0.444. The number of hydrogen-bond acceptors (Lipinski definition) is 1. The largest absolute Gasteiger partial charge is 0.388 e. The first-order valence-corrected chi connectivity index (χ1v) is 7.85. The normalized spacial score (nSPS) is 20.3. The van der Waals surface area contributed by atoms with Gasteiger partial charge in [0.25, 0.3) is 0 Å². The Kier molecular flexibility index (Phi) is 3.62. The van der Waals surface area contributed by atoms with Gasteiger partial charge in [0.05, 0.1) is 6.10 Å². The molecular formula is C18H22ClNO. The predicted molar refractivity (Wildman–Crippen MR) is 86.8 cm³/mol. The van der Waals surface area contributed by atoms with Crippen LogP contribution in [0.2, 0.25) is 5.02 Å². The van der Waals surface area contributed by atoms with Gasteiger partial charge in [-0.2, -0.15) is 0 Å². The Hall–Kier alpha value is -1.25. The number of aromatic nitrogens is 1. The topological polar surface area (TPSA) is 25.2 Å². The highest BCUT2D eigenvalue weighted by molar-refractivity contribution is 6.30. The summed E-state index contributed by atoms with van der Waals surface area (Å²) >= 11 is 5.96. The summed E-state index contributed by atoms with van der Waals surface area (Å²) < 4.78 is 2.34. The SMILES string of the molecule is Cc1cc2c(n1Cc1ccc(Cl)cc1)CC(C)(C)CC2O. The van der Waals surface area contributed by atoms with Crippen LogP contribution in [-0.2, 0) is 13.0 Å². The molecule has 21 heavy (non-hydrogen) atoms. The van der Waals surface area contributed by atoms with Gasteiger partial charge in [0.15, 0.2) is 0 Å². The fourth-order valence-corrected chi connectivity index (χ4v) is 3.52. The molecule has 1 atom stereocenters. The summed E-state index contributed by atoms with van der Waals surface area (Å²) in [6.07, 6.45) is 1.51. The highest BCUT2D eigenvalue weighted by Crippen LogP contribution is 2.42. The third-order valence-electron chi connectivity index (χ3n) is 4.45. The van der Waals surface area contributed by atoms with Crippen LogP contribution in [0.3, 0.4) is 0 Å². The third kappa shape index (κ3) is 2.88. The van der Waals surface area contributed by atoms with Crippen LogP contribution >= 0.6 is 11.6 Å². The van der Waals surface area contributed by atoms with E-state index in [0.717, 1.165) is 30.0 Å². The number of benzene rings is 1. The highest BCUT2D eigenvalue weighted by Gasteiger charge is 2.33. The zero-order valence-corrected chi connectivity index (χ0v) is 13.6. The second-order valence-corrected chi connectivity index (χ2v) is 7.40. The maximum absolute atomic E-state index is 10.4. The number of rotatable bonds is 2. The van der Waals surface area contributed by atoms with E-state index in [1.54, 1.807) is 0 Å². The number of halogens is 1. The van der Waals surface area contributed by atoms with Crippen molar-refractivity contribution < 1.29 is 5.11 Å². The summed E-state index contributed by atoms with van der Waals surface area (Å²) in [5, 5.41) is 11.2. The molecule has 1 aromatic heterocycles. The van der Waals surface area contributed by atoms with Gasteiger partial charge in [0.1, 0.15) is 0 Å². The standard InChI is InChI=1S/C18H22ClNO/c1-12-8-15-16(9-18(2,3)10-17(15)21)20(12)11-13-4-6-14(19)7-5-13/h4-8,17,21H,9-11H2,1-3H3. The molecule has 3 heteroatoms. The summed E-state index contributed by atoms with van der Waals surface area (Å²) in [7, 11) is 0. The van der Waals surface area contributed by atoms with Gasteiger partial charge in [-0.15, -0.1) is 0 Å². The van der Waals surface area contributed by atoms with Crippen LogP contribution in [0.15, 0.2) is 30.3 Å². The molecule has 1 N–H and O–H groups in total. The molecule has 0 aliphatic heterocycles. The monoisotopic (exact) mass is 303 g/mol. The van der Waals surface area contributed by atoms with Crippen molar-refractivity contribution in [2.45, 2.75) is 46.3 Å². The lowest BCUT2D eigenvalue weighted by atomic mass is 9.75. The molecule has 0 spiro atoms. The summed E-state index contributed by atoms with van der Waals surface area (Å²) in [5.74, 6) is 0. The Morgan fingerprint density at radius 3 is 2.62 bits per heavy atom. The summed E-state index contributed by atoms with van der Waals surface area (Å²) in [6, 6.07) is 10.1. The van der Waals surface area contributed by atoms with Gasteiger partial charge < -0.3 is 9.67 Å². The molecule has 2 aromatic rings. The second kappa shape index (κ2) is 5.19. The van der Waals surface area contributed by atoms with Gasteiger partial charge in [0, 0.05) is 28.5 Å². The van der Waals surface area contributed by atoms with Crippen LogP contribution in [0.25, 0.3) is 0 Å². The number of aryl methyl sites for hydroxylation is 1. The lowest BCUT2D eigenvalue weighted by molar-refractivity contribution is 0.0981. The first kappa shape index (κ1) is 14.7. The molecule has 0 saturated heterocycles. The van der Waals surface area contributed by atoms with E-state index in [2.05, 4.69) is 43.5 Å². The number of nitrogens with zero attached hydrogens (tertiary/aromatic N) is 1. The first-order chi connectivity index (χ1) is 9.85. The highest BCUT2D eigenvalue weighted by atomic mass is 35.5. The Morgan fingerprint density at radius 1 is 1.29 bits per heavy atom. The summed E-state index contributed by atoms with van der Waals surface area (Å²) in [5.41, 5.74) is 4.99. The van der Waals surface area contributed by atoms with E-state index in [-0.39, 0.29) is 11.5 Å². The van der Waals surface area contributed by atoms with Crippen molar-refractivity contribution in [1.82, 2.24) is 4.57 Å². The van der Waals surface area contributed by atoms with Gasteiger partial charge in [-0.1, -0.05) is 37.6 Å². The zero-order chi connectivity index (χ0) is 15.2. The first-order valence-electron chi connectivity index (χ1n) is 7.47. The zero-order valence-electron chi connectivity index (χ0n) is 12.9. The minimum Gasteiger partial charge on any atom is -0.388 e. The Morgan fingerprint density at radius 2 is 1.95 bits per heavy atom. The minimum absolute atomic E-state index is 0.148. The lowest BCUT2D eigenvalue weighted by Crippen LogP contribution is -2.27. The molecule has 3 rings (SSSR count). The van der Waals surface area contributed by atoms with Gasteiger partial charge in [0.2, 0.25) is 0 Å². The van der Waals surface area contributed by atoms with Crippen molar-refractivity contribution >= 4 is 11.6 Å². The van der Waals surface area contributed by atoms with Gasteiger partial charge in [-0.25, -0.2) is 0 Å². The van der Waals surface area contributed by atoms with Crippen LogP contribution in [0, 0.1) is 12.3 Å². The van der Waals surface area contributed by atoms with Crippen molar-refractivity contribution in [3.8, 4) is 0 Å². The van der Waals surface area contributed by atoms with Gasteiger partial charge in [-0.3, -0.25) is 0 Å². The Balaban J connectivity index is 1.98. The number of hydrogen-bond donors (Lipinski definition) is 1. The van der Waals surface area contributed by atoms with E-state index in [1.165, 1.54) is 17.0 Å². The van der Waals surface area contributed by atoms with Gasteiger partial charge in [-0.05, 0) is 48.9 Å². The molecule has 1 unspecified atom stereocenters. The molecule has 1 aliphatic rings. The van der Waals surface area contributed by atoms with Crippen LogP contribution in [0.1, 0.15) is 48.9 Å². The number of fused-ring (bicyclic) bond motifs is 1. The molecule has 1 heterocycles. The predicted octanol–water partition coefficient (Wildman–Crippen LogP) is 4.50. The van der Waals surface area contributed by atoms with Crippen molar-refractivity contribution in [3.63, 3.8) is 0 Å². The lowest BCUT2D eigenvalue weighted by Gasteiger charge is -2.34. The van der Waals surface area contributed by atoms with E-state index in [0.29, 0.717) is 0 Å². The molecule has 1 aromatic carbocycles. The van der Waals surface area contributed by atoms with Crippen LogP contribution in [0.5, 0.6) is 0 Å². The molecule has 2 nitrogen and oxygen atoms in total. The van der Waals surface area contributed by atoms with Gasteiger partial charge >= 0.3 is 0 Å². The maximum atomic E-state index is 10.4. The average molecular weight is 304 g/mol. The van der Waals surface area contributed by atoms with Crippen molar-refractivity contribution in [2.24, 2.45) is 5.41 Å². The molecule has 0 radical (unpaired) electrons. The Bertz CT molecular complexity index is 655. The van der Waals surface area contributed by atoms with Crippen molar-refractivity contribution in [1.29, 1.82) is 0 Å². The van der Waals surface area contributed by atoms with Crippen LogP contribution in [0.4, 0.5) is 0 Å². The van der Waals surface area contributed by atoms with Crippen molar-refractivity contribution in [2.75, 3.05) is 0 Å². The van der Waals surface area contributed by atoms with E-state index in [9.17, 15) is 5.11 Å². The molecule has 0 bridgehead atoms. The van der Waals surface area contributed by atoms with E-state index in [4.69, 9.17) is 11.6 Å². The number of aliphatic hydroxyl groups is 1. The fourth-order valence-electron chi connectivity index (χ4n) is 3.39. The quantitative estimate of drug-likeness (QED) is 0.868. The van der Waals surface area contributed by atoms with Crippen LogP contribution < -0.4 is 0 Å². The van der Waals surface area contributed by atoms with E-state index >= 15 is 0 Å². The van der Waals surface area contributed by atoms with Crippen LogP contribution in [-0.4, -0.2) is 9.67 Å². The van der Waals surface area contributed by atoms with E-state index < -0.39 is 0 Å². The Labute approximate surface area is 131 Å². The molecule has 112 valence electrons. The maximum Gasteiger partial charge on any atom is 0.0812 e. The minimum atomic E-state index is -0.339. The summed E-state index contributed by atoms with van der Waals surface area (Å²) in [4.78, 5) is 0. The second-order valence-electron chi connectivity index (χ2n) is 6.96. The smallest absolute Gasteiger partial charge is 0.0812 e. The molecule has 0 amide bonds.